The van der Waals surface area contributed by atoms with Gasteiger partial charge in [0.1, 0.15) is 17.2 Å². The van der Waals surface area contributed by atoms with Crippen LogP contribution >= 0.6 is 11.3 Å². The molecule has 114 valence electrons. The number of thiazole rings is 1. The molecule has 0 atom stereocenters. The van der Waals surface area contributed by atoms with Crippen LogP contribution in [0.3, 0.4) is 0 Å². The maximum atomic E-state index is 13.2. The number of benzene rings is 1. The molecule has 23 heavy (non-hydrogen) atoms. The summed E-state index contributed by atoms with van der Waals surface area (Å²) in [6.45, 7) is 0.212. The van der Waals surface area contributed by atoms with Crippen molar-refractivity contribution in [3.8, 4) is 0 Å². The summed E-state index contributed by atoms with van der Waals surface area (Å²) in [5, 5.41) is 3.12. The van der Waals surface area contributed by atoms with Gasteiger partial charge >= 0.3 is 0 Å². The van der Waals surface area contributed by atoms with Crippen molar-refractivity contribution in [2.45, 2.75) is 6.54 Å². The highest BCUT2D eigenvalue weighted by atomic mass is 32.1. The van der Waals surface area contributed by atoms with Gasteiger partial charge in [0.25, 0.3) is 5.91 Å². The molecule has 0 bridgehead atoms. The number of aromatic nitrogens is 4. The van der Waals surface area contributed by atoms with Gasteiger partial charge in [-0.05, 0) is 24.3 Å². The van der Waals surface area contributed by atoms with E-state index in [4.69, 9.17) is 0 Å². The summed E-state index contributed by atoms with van der Waals surface area (Å²) in [6.07, 6.45) is 3.28. The molecule has 0 saturated carbocycles. The van der Waals surface area contributed by atoms with Crippen LogP contribution in [-0.4, -0.2) is 25.8 Å². The van der Waals surface area contributed by atoms with Crippen LogP contribution < -0.4 is 5.32 Å². The monoisotopic (exact) mass is 327 g/mol. The van der Waals surface area contributed by atoms with E-state index in [-0.39, 0.29) is 18.3 Å². The van der Waals surface area contributed by atoms with Crippen molar-refractivity contribution in [1.29, 1.82) is 0 Å². The van der Waals surface area contributed by atoms with E-state index in [2.05, 4.69) is 25.3 Å². The van der Waals surface area contributed by atoms with E-state index in [1.165, 1.54) is 23.5 Å². The van der Waals surface area contributed by atoms with Crippen LogP contribution in [-0.2, 0) is 6.54 Å². The number of nitrogens with one attached hydrogen (secondary N) is 2. The third-order valence-electron chi connectivity index (χ3n) is 3.29. The van der Waals surface area contributed by atoms with Gasteiger partial charge in [0.05, 0.1) is 28.5 Å². The molecule has 3 heterocycles. The lowest BCUT2D eigenvalue weighted by Gasteiger charge is -1.99. The second kappa shape index (κ2) is 5.40. The lowest BCUT2D eigenvalue weighted by Crippen LogP contribution is -2.23. The van der Waals surface area contributed by atoms with Gasteiger partial charge in [-0.3, -0.25) is 9.78 Å². The summed E-state index contributed by atoms with van der Waals surface area (Å²) in [6, 6.07) is 6.12. The Morgan fingerprint density at radius 2 is 2.17 bits per heavy atom. The first kappa shape index (κ1) is 13.8. The minimum Gasteiger partial charge on any atom is -0.343 e. The molecule has 0 unspecified atom stereocenters. The normalized spacial score (nSPS) is 11.2. The van der Waals surface area contributed by atoms with Gasteiger partial charge in [-0.25, -0.2) is 14.4 Å². The van der Waals surface area contributed by atoms with Crippen LogP contribution in [0.5, 0.6) is 0 Å². The van der Waals surface area contributed by atoms with Gasteiger partial charge in [-0.1, -0.05) is 0 Å². The molecule has 3 aromatic heterocycles. The molecule has 0 spiro atoms. The number of pyridine rings is 1. The number of rotatable bonds is 3. The number of hydrogen-bond acceptors (Lipinski definition) is 5. The molecule has 0 aliphatic carbocycles. The van der Waals surface area contributed by atoms with Gasteiger partial charge in [0, 0.05) is 6.20 Å². The van der Waals surface area contributed by atoms with Crippen molar-refractivity contribution in [3.05, 3.63) is 53.3 Å². The molecular formula is C15H10FN5OS. The molecule has 1 aromatic carbocycles. The van der Waals surface area contributed by atoms with Crippen LogP contribution in [0.2, 0.25) is 0 Å². The predicted molar refractivity (Wildman–Crippen MR) is 84.6 cm³/mol. The number of nitrogens with zero attached hydrogens (tertiary/aromatic N) is 3. The highest BCUT2D eigenvalue weighted by Gasteiger charge is 2.13. The van der Waals surface area contributed by atoms with Crippen molar-refractivity contribution in [2.24, 2.45) is 0 Å². The number of fused-ring (bicyclic) bond motifs is 2. The Morgan fingerprint density at radius 3 is 3.04 bits per heavy atom. The fourth-order valence-electron chi connectivity index (χ4n) is 2.24. The summed E-state index contributed by atoms with van der Waals surface area (Å²) >= 11 is 1.30. The maximum absolute atomic E-state index is 13.2. The first-order valence-corrected chi connectivity index (χ1v) is 7.63. The lowest BCUT2D eigenvalue weighted by molar-refractivity contribution is 0.0950. The molecular weight excluding hydrogens is 317 g/mol. The Bertz CT molecular complexity index is 992. The molecule has 0 fully saturated rings. The molecule has 0 aliphatic heterocycles. The number of H-pyrrole nitrogens is 1. The number of carbonyl (C=O) groups excluding carboxylic acids is 1. The van der Waals surface area contributed by atoms with E-state index >= 15 is 0 Å². The van der Waals surface area contributed by atoms with Gasteiger partial charge in [0.2, 0.25) is 0 Å². The minimum absolute atomic E-state index is 0.212. The highest BCUT2D eigenvalue weighted by molar-refractivity contribution is 7.20. The van der Waals surface area contributed by atoms with Crippen molar-refractivity contribution in [3.63, 3.8) is 0 Å². The molecule has 4 aromatic rings. The smallest absolute Gasteiger partial charge is 0.280 e. The molecule has 2 N–H and O–H groups in total. The largest absolute Gasteiger partial charge is 0.343 e. The van der Waals surface area contributed by atoms with Crippen LogP contribution in [0, 0.1) is 5.82 Å². The average molecular weight is 327 g/mol. The molecule has 1 amide bonds. The number of amides is 1. The van der Waals surface area contributed by atoms with Gasteiger partial charge < -0.3 is 10.3 Å². The summed E-state index contributed by atoms with van der Waals surface area (Å²) < 4.78 is 14.1. The number of aromatic amines is 1. The Balaban J connectivity index is 1.51. The van der Waals surface area contributed by atoms with Crippen molar-refractivity contribution >= 4 is 38.5 Å². The maximum Gasteiger partial charge on any atom is 0.280 e. The molecule has 0 radical (unpaired) electrons. The first-order chi connectivity index (χ1) is 11.2. The van der Waals surface area contributed by atoms with Crippen LogP contribution in [0.25, 0.3) is 21.3 Å². The second-order valence-electron chi connectivity index (χ2n) is 4.89. The van der Waals surface area contributed by atoms with E-state index in [9.17, 15) is 9.18 Å². The first-order valence-electron chi connectivity index (χ1n) is 6.82. The quantitative estimate of drug-likeness (QED) is 0.606. The van der Waals surface area contributed by atoms with Gasteiger partial charge in [-0.15, -0.1) is 11.3 Å². The third kappa shape index (κ3) is 2.64. The summed E-state index contributed by atoms with van der Waals surface area (Å²) in [5.74, 6) is -0.0561. The SMILES string of the molecule is O=C(NCc1nc2ccc(F)cc2[nH]1)c1nc2cnccc2s1. The van der Waals surface area contributed by atoms with Crippen molar-refractivity contribution in [1.82, 2.24) is 25.3 Å². The van der Waals surface area contributed by atoms with Crippen molar-refractivity contribution < 1.29 is 9.18 Å². The van der Waals surface area contributed by atoms with Gasteiger partial charge in [0.15, 0.2) is 5.01 Å². The Kier molecular flexibility index (Phi) is 3.23. The summed E-state index contributed by atoms with van der Waals surface area (Å²) in [5.41, 5.74) is 1.95. The van der Waals surface area contributed by atoms with E-state index in [1.807, 2.05) is 6.07 Å². The van der Waals surface area contributed by atoms with Crippen LogP contribution in [0.1, 0.15) is 15.6 Å². The minimum atomic E-state index is -0.333. The average Bonchev–Trinajstić information content (AvgIpc) is 3.15. The van der Waals surface area contributed by atoms with E-state index in [0.717, 1.165) is 4.70 Å². The van der Waals surface area contributed by atoms with Crippen LogP contribution in [0.15, 0.2) is 36.7 Å². The summed E-state index contributed by atoms with van der Waals surface area (Å²) in [4.78, 5) is 27.7. The predicted octanol–water partition coefficient (Wildman–Crippen LogP) is 2.64. The van der Waals surface area contributed by atoms with E-state index in [0.29, 0.717) is 27.4 Å². The zero-order valence-corrected chi connectivity index (χ0v) is 12.5. The molecule has 8 heteroatoms. The summed E-state index contributed by atoms with van der Waals surface area (Å²) in [7, 11) is 0. The lowest BCUT2D eigenvalue weighted by atomic mass is 10.3. The molecule has 4 rings (SSSR count). The Labute approximate surface area is 133 Å². The second-order valence-corrected chi connectivity index (χ2v) is 5.92. The number of halogens is 1. The number of carbonyl (C=O) groups is 1. The fourth-order valence-corrected chi connectivity index (χ4v) is 3.08. The topological polar surface area (TPSA) is 83.6 Å². The number of imidazole rings is 1. The Morgan fingerprint density at radius 1 is 1.26 bits per heavy atom. The molecule has 6 nitrogen and oxygen atoms in total. The molecule has 0 aliphatic rings. The molecule has 0 saturated heterocycles. The standard InChI is InChI=1S/C15H10FN5OS/c16-8-1-2-9-10(5-8)20-13(19-9)7-18-14(22)15-21-11-6-17-4-3-12(11)23-15/h1-6H,7H2,(H,18,22)(H,19,20). The van der Waals surface area contributed by atoms with Crippen LogP contribution in [0.4, 0.5) is 4.39 Å². The third-order valence-corrected chi connectivity index (χ3v) is 4.33. The van der Waals surface area contributed by atoms with Gasteiger partial charge in [-0.2, -0.15) is 0 Å². The number of hydrogen-bond donors (Lipinski definition) is 2. The Hall–Kier alpha value is -2.87. The highest BCUT2D eigenvalue weighted by Crippen LogP contribution is 2.20. The fraction of sp³-hybridized carbons (Fsp3) is 0.0667. The van der Waals surface area contributed by atoms with E-state index < -0.39 is 0 Å². The van der Waals surface area contributed by atoms with E-state index in [1.54, 1.807) is 18.5 Å². The zero-order chi connectivity index (χ0) is 15.8. The van der Waals surface area contributed by atoms with Crippen molar-refractivity contribution in [2.75, 3.05) is 0 Å². The zero-order valence-electron chi connectivity index (χ0n) is 11.7.